The summed E-state index contributed by atoms with van der Waals surface area (Å²) in [5.74, 6) is 0.0462. The smallest absolute Gasteiger partial charge is 0.243 e. The average molecular weight is 494 g/mol. The lowest BCUT2D eigenvalue weighted by atomic mass is 10.2. The normalized spacial score (nSPS) is 15.7. The van der Waals surface area contributed by atoms with E-state index in [-0.39, 0.29) is 10.8 Å². The summed E-state index contributed by atoms with van der Waals surface area (Å²) in [4.78, 5) is 19.2. The summed E-state index contributed by atoms with van der Waals surface area (Å²) in [6.45, 7) is 1.44. The van der Waals surface area contributed by atoms with Crippen LogP contribution in [0.25, 0.3) is 10.2 Å². The molecule has 0 saturated carbocycles. The van der Waals surface area contributed by atoms with Gasteiger partial charge in [0.15, 0.2) is 0 Å². The number of hydrogen-bond donors (Lipinski definition) is 0. The molecular weight excluding hydrogens is 474 g/mol. The van der Waals surface area contributed by atoms with Crippen molar-refractivity contribution < 1.29 is 13.2 Å². The van der Waals surface area contributed by atoms with Crippen LogP contribution in [-0.4, -0.2) is 54.7 Å². The van der Waals surface area contributed by atoms with Gasteiger partial charge in [-0.25, -0.2) is 13.4 Å². The first-order valence-corrected chi connectivity index (χ1v) is 12.4. The van der Waals surface area contributed by atoms with Crippen LogP contribution < -0.4 is 0 Å². The summed E-state index contributed by atoms with van der Waals surface area (Å²) >= 11 is 4.93. The highest BCUT2D eigenvalue weighted by atomic mass is 79.9. The van der Waals surface area contributed by atoms with Gasteiger partial charge in [0, 0.05) is 43.5 Å². The van der Waals surface area contributed by atoms with Crippen molar-refractivity contribution in [2.75, 3.05) is 26.2 Å². The van der Waals surface area contributed by atoms with Crippen molar-refractivity contribution in [3.05, 3.63) is 58.0 Å². The zero-order valence-electron chi connectivity index (χ0n) is 15.6. The van der Waals surface area contributed by atoms with Gasteiger partial charge in [-0.2, -0.15) is 4.31 Å². The predicted octanol–water partition coefficient (Wildman–Crippen LogP) is 3.52. The molecule has 152 valence electrons. The molecule has 0 N–H and O–H groups in total. The first-order valence-electron chi connectivity index (χ1n) is 9.31. The molecule has 6 nitrogen and oxygen atoms in total. The van der Waals surface area contributed by atoms with Crippen molar-refractivity contribution in [1.82, 2.24) is 14.2 Å². The van der Waals surface area contributed by atoms with Gasteiger partial charge >= 0.3 is 0 Å². The summed E-state index contributed by atoms with van der Waals surface area (Å²) in [6, 6.07) is 14.6. The fourth-order valence-corrected chi connectivity index (χ4v) is 5.99. The molecule has 2 aromatic carbocycles. The predicted molar refractivity (Wildman–Crippen MR) is 117 cm³/mol. The Bertz CT molecular complexity index is 1090. The molecule has 1 saturated heterocycles. The topological polar surface area (TPSA) is 70.6 Å². The molecule has 1 fully saturated rings. The van der Waals surface area contributed by atoms with Crippen molar-refractivity contribution in [1.29, 1.82) is 0 Å². The molecule has 1 amide bonds. The zero-order valence-corrected chi connectivity index (χ0v) is 18.8. The van der Waals surface area contributed by atoms with Gasteiger partial charge in [-0.3, -0.25) is 4.79 Å². The first-order chi connectivity index (χ1) is 13.9. The maximum absolute atomic E-state index is 12.8. The Kier molecular flexibility index (Phi) is 6.00. The minimum absolute atomic E-state index is 0.0462. The zero-order chi connectivity index (χ0) is 20.4. The molecule has 0 atom stereocenters. The number of aryl methyl sites for hydroxylation is 1. The molecule has 9 heteroatoms. The number of thiazole rings is 1. The Hall–Kier alpha value is -1.81. The van der Waals surface area contributed by atoms with Crippen LogP contribution in [0.3, 0.4) is 0 Å². The van der Waals surface area contributed by atoms with Crippen LogP contribution in [0.2, 0.25) is 0 Å². The molecule has 29 heavy (non-hydrogen) atoms. The number of rotatable bonds is 5. The molecule has 1 aromatic heterocycles. The first kappa shape index (κ1) is 20.5. The van der Waals surface area contributed by atoms with Crippen molar-refractivity contribution in [3.63, 3.8) is 0 Å². The van der Waals surface area contributed by atoms with Gasteiger partial charge in [-0.05, 0) is 36.4 Å². The van der Waals surface area contributed by atoms with E-state index in [2.05, 4.69) is 20.9 Å². The lowest BCUT2D eigenvalue weighted by Gasteiger charge is -2.34. The molecule has 3 aromatic rings. The molecule has 0 unspecified atom stereocenters. The maximum atomic E-state index is 12.8. The van der Waals surface area contributed by atoms with E-state index in [0.29, 0.717) is 39.0 Å². The van der Waals surface area contributed by atoms with E-state index in [1.54, 1.807) is 40.5 Å². The van der Waals surface area contributed by atoms with E-state index >= 15 is 0 Å². The van der Waals surface area contributed by atoms with Crippen LogP contribution in [0.5, 0.6) is 0 Å². The second-order valence-electron chi connectivity index (χ2n) is 6.81. The molecule has 1 aliphatic rings. The van der Waals surface area contributed by atoms with E-state index in [4.69, 9.17) is 0 Å². The van der Waals surface area contributed by atoms with E-state index in [1.165, 1.54) is 4.31 Å². The third-order valence-corrected chi connectivity index (χ3v) is 8.47. The van der Waals surface area contributed by atoms with Crippen molar-refractivity contribution in [2.45, 2.75) is 17.7 Å². The number of sulfonamides is 1. The summed E-state index contributed by atoms with van der Waals surface area (Å²) in [7, 11) is -3.53. The molecule has 1 aliphatic heterocycles. The lowest BCUT2D eigenvalue weighted by molar-refractivity contribution is -0.132. The quantitative estimate of drug-likeness (QED) is 0.544. The Labute approximate surface area is 182 Å². The standard InChI is InChI=1S/C20H20BrN3O3S2/c21-15-5-7-16(8-6-15)29(26,27)24-13-11-23(12-14-24)20(25)10-9-19-22-17-3-1-2-4-18(17)28-19/h1-8H,9-14H2. The second-order valence-corrected chi connectivity index (χ2v) is 10.8. The molecule has 0 aliphatic carbocycles. The number of para-hydroxylation sites is 1. The fraction of sp³-hybridized carbons (Fsp3) is 0.300. The number of fused-ring (bicyclic) bond motifs is 1. The number of aromatic nitrogens is 1. The van der Waals surface area contributed by atoms with Crippen molar-refractivity contribution in [2.24, 2.45) is 0 Å². The molecule has 0 bridgehead atoms. The lowest BCUT2D eigenvalue weighted by Crippen LogP contribution is -2.50. The summed E-state index contributed by atoms with van der Waals surface area (Å²) in [6.07, 6.45) is 0.995. The van der Waals surface area contributed by atoms with Gasteiger partial charge in [0.1, 0.15) is 0 Å². The Morgan fingerprint density at radius 3 is 2.41 bits per heavy atom. The third kappa shape index (κ3) is 4.53. The maximum Gasteiger partial charge on any atom is 0.243 e. The molecule has 0 radical (unpaired) electrons. The van der Waals surface area contributed by atoms with Crippen LogP contribution in [0.15, 0.2) is 57.9 Å². The monoisotopic (exact) mass is 493 g/mol. The molecule has 4 rings (SSSR count). The number of amides is 1. The number of carbonyl (C=O) groups is 1. The Morgan fingerprint density at radius 1 is 1.03 bits per heavy atom. The Morgan fingerprint density at radius 2 is 1.72 bits per heavy atom. The highest BCUT2D eigenvalue weighted by Gasteiger charge is 2.30. The van der Waals surface area contributed by atoms with Gasteiger partial charge in [0.25, 0.3) is 0 Å². The van der Waals surface area contributed by atoms with E-state index in [0.717, 1.165) is 19.7 Å². The summed E-state index contributed by atoms with van der Waals surface area (Å²) in [5.41, 5.74) is 0.965. The number of benzene rings is 2. The largest absolute Gasteiger partial charge is 0.340 e. The number of hydrogen-bond acceptors (Lipinski definition) is 5. The van der Waals surface area contributed by atoms with Crippen LogP contribution in [0.4, 0.5) is 0 Å². The van der Waals surface area contributed by atoms with Gasteiger partial charge in [0.05, 0.1) is 20.1 Å². The minimum atomic E-state index is -3.53. The van der Waals surface area contributed by atoms with Crippen molar-refractivity contribution >= 4 is 53.4 Å². The van der Waals surface area contributed by atoms with Crippen molar-refractivity contribution in [3.8, 4) is 0 Å². The fourth-order valence-electron chi connectivity index (χ4n) is 3.33. The number of piperazine rings is 1. The average Bonchev–Trinajstić information content (AvgIpc) is 3.15. The number of halogens is 1. The van der Waals surface area contributed by atoms with E-state index in [9.17, 15) is 13.2 Å². The molecular formula is C20H20BrN3O3S2. The Balaban J connectivity index is 1.32. The van der Waals surface area contributed by atoms with Crippen LogP contribution >= 0.6 is 27.3 Å². The summed E-state index contributed by atoms with van der Waals surface area (Å²) < 4.78 is 29.0. The van der Waals surface area contributed by atoms with Crippen LogP contribution in [-0.2, 0) is 21.2 Å². The second kappa shape index (κ2) is 8.51. The minimum Gasteiger partial charge on any atom is -0.340 e. The van der Waals surface area contributed by atoms with Gasteiger partial charge in [-0.1, -0.05) is 28.1 Å². The highest BCUT2D eigenvalue weighted by molar-refractivity contribution is 9.10. The highest BCUT2D eigenvalue weighted by Crippen LogP contribution is 2.23. The van der Waals surface area contributed by atoms with Gasteiger partial charge in [0.2, 0.25) is 15.9 Å². The van der Waals surface area contributed by atoms with Gasteiger partial charge in [-0.15, -0.1) is 11.3 Å². The van der Waals surface area contributed by atoms with E-state index < -0.39 is 10.0 Å². The van der Waals surface area contributed by atoms with Gasteiger partial charge < -0.3 is 4.90 Å². The molecule has 2 heterocycles. The third-order valence-electron chi connectivity index (χ3n) is 4.93. The van der Waals surface area contributed by atoms with Crippen LogP contribution in [0, 0.1) is 0 Å². The van der Waals surface area contributed by atoms with Crippen LogP contribution in [0.1, 0.15) is 11.4 Å². The number of carbonyl (C=O) groups excluding carboxylic acids is 1. The summed E-state index contributed by atoms with van der Waals surface area (Å²) in [5, 5.41) is 0.955. The SMILES string of the molecule is O=C(CCc1nc2ccccc2s1)N1CCN(S(=O)(=O)c2ccc(Br)cc2)CC1. The molecule has 0 spiro atoms. The number of nitrogens with zero attached hydrogens (tertiary/aromatic N) is 3. The van der Waals surface area contributed by atoms with E-state index in [1.807, 2.05) is 24.3 Å².